The fourth-order valence-corrected chi connectivity index (χ4v) is 2.13. The Kier molecular flexibility index (Phi) is 2.62. The van der Waals surface area contributed by atoms with Crippen molar-refractivity contribution in [2.75, 3.05) is 7.11 Å². The fraction of sp³-hybridized carbons (Fsp3) is 0.417. The van der Waals surface area contributed by atoms with Crippen molar-refractivity contribution < 1.29 is 9.94 Å². The molecule has 1 atom stereocenters. The van der Waals surface area contributed by atoms with Crippen LogP contribution in [-0.2, 0) is 6.42 Å². The maximum absolute atomic E-state index is 8.94. The molecule has 3 heteroatoms. The maximum Gasteiger partial charge on any atom is 0.119 e. The number of hydrogen-bond acceptors (Lipinski definition) is 3. The number of rotatable bonds is 1. The smallest absolute Gasteiger partial charge is 0.119 e. The molecule has 0 fully saturated rings. The van der Waals surface area contributed by atoms with Crippen molar-refractivity contribution in [2.24, 2.45) is 11.1 Å². The summed E-state index contributed by atoms with van der Waals surface area (Å²) in [5.74, 6) is 1.38. The lowest BCUT2D eigenvalue weighted by Crippen LogP contribution is -2.18. The van der Waals surface area contributed by atoms with E-state index < -0.39 is 0 Å². The van der Waals surface area contributed by atoms with Gasteiger partial charge in [-0.15, -0.1) is 0 Å². The van der Waals surface area contributed by atoms with Crippen LogP contribution in [0.2, 0.25) is 0 Å². The molecule has 1 aliphatic carbocycles. The van der Waals surface area contributed by atoms with E-state index in [2.05, 4.69) is 12.1 Å². The van der Waals surface area contributed by atoms with E-state index in [9.17, 15) is 0 Å². The molecule has 1 N–H and O–H groups in total. The molecule has 3 nitrogen and oxygen atoms in total. The van der Waals surface area contributed by atoms with E-state index in [4.69, 9.17) is 9.94 Å². The normalized spacial score (nSPS) is 22.5. The van der Waals surface area contributed by atoms with Gasteiger partial charge in [0.15, 0.2) is 0 Å². The van der Waals surface area contributed by atoms with Gasteiger partial charge in [-0.3, -0.25) is 0 Å². The summed E-state index contributed by atoms with van der Waals surface area (Å²) in [7, 11) is 1.66. The van der Waals surface area contributed by atoms with E-state index in [-0.39, 0.29) is 0 Å². The van der Waals surface area contributed by atoms with Crippen molar-refractivity contribution in [3.8, 4) is 5.75 Å². The molecule has 0 heterocycles. The van der Waals surface area contributed by atoms with Crippen molar-refractivity contribution in [2.45, 2.75) is 19.8 Å². The van der Waals surface area contributed by atoms with E-state index in [1.54, 1.807) is 7.11 Å². The van der Waals surface area contributed by atoms with Crippen molar-refractivity contribution in [1.82, 2.24) is 0 Å². The van der Waals surface area contributed by atoms with E-state index in [0.717, 1.165) is 29.9 Å². The molecule has 1 aromatic carbocycles. The van der Waals surface area contributed by atoms with E-state index >= 15 is 0 Å². The first-order chi connectivity index (χ1) is 7.24. The van der Waals surface area contributed by atoms with Gasteiger partial charge in [0.05, 0.1) is 12.8 Å². The Hall–Kier alpha value is -1.51. The summed E-state index contributed by atoms with van der Waals surface area (Å²) in [5, 5.41) is 12.3. The van der Waals surface area contributed by atoms with Crippen LogP contribution in [0.5, 0.6) is 5.75 Å². The molecule has 0 saturated carbocycles. The average Bonchev–Trinajstić information content (AvgIpc) is 2.26. The zero-order valence-corrected chi connectivity index (χ0v) is 9.03. The predicted molar refractivity (Wildman–Crippen MR) is 58.8 cm³/mol. The van der Waals surface area contributed by atoms with Gasteiger partial charge in [0.1, 0.15) is 5.75 Å². The molecule has 1 aliphatic rings. The van der Waals surface area contributed by atoms with Crippen LogP contribution in [0.4, 0.5) is 0 Å². The van der Waals surface area contributed by atoms with E-state index in [0.29, 0.717) is 5.92 Å². The highest BCUT2D eigenvalue weighted by molar-refractivity contribution is 6.02. The van der Waals surface area contributed by atoms with Crippen molar-refractivity contribution in [3.63, 3.8) is 0 Å². The lowest BCUT2D eigenvalue weighted by Gasteiger charge is -2.22. The summed E-state index contributed by atoms with van der Waals surface area (Å²) in [4.78, 5) is 0. The van der Waals surface area contributed by atoms with Crippen molar-refractivity contribution in [3.05, 3.63) is 29.3 Å². The third-order valence-electron chi connectivity index (χ3n) is 2.85. The number of fused-ring (bicyclic) bond motifs is 1. The molecule has 0 amide bonds. The Labute approximate surface area is 89.4 Å². The van der Waals surface area contributed by atoms with Gasteiger partial charge in [0.2, 0.25) is 0 Å². The number of benzene rings is 1. The van der Waals surface area contributed by atoms with Crippen LogP contribution >= 0.6 is 0 Å². The van der Waals surface area contributed by atoms with Gasteiger partial charge < -0.3 is 9.94 Å². The van der Waals surface area contributed by atoms with Crippen LogP contribution in [0.15, 0.2) is 23.4 Å². The van der Waals surface area contributed by atoms with Crippen LogP contribution in [0.1, 0.15) is 24.5 Å². The van der Waals surface area contributed by atoms with Gasteiger partial charge in [-0.2, -0.15) is 0 Å². The zero-order chi connectivity index (χ0) is 10.8. The Balaban J connectivity index is 2.47. The predicted octanol–water partition coefficient (Wildman–Crippen LogP) is 2.46. The van der Waals surface area contributed by atoms with Gasteiger partial charge in [-0.05, 0) is 42.5 Å². The largest absolute Gasteiger partial charge is 0.497 e. The highest BCUT2D eigenvalue weighted by atomic mass is 16.5. The minimum Gasteiger partial charge on any atom is -0.497 e. The molecule has 0 radical (unpaired) electrons. The third kappa shape index (κ3) is 1.82. The first-order valence-corrected chi connectivity index (χ1v) is 5.12. The summed E-state index contributed by atoms with van der Waals surface area (Å²) >= 11 is 0. The Bertz CT molecular complexity index is 399. The third-order valence-corrected chi connectivity index (χ3v) is 2.85. The standard InChI is InChI=1S/C12H15NO2/c1-8-5-9-7-10(15-2)3-4-11(9)12(6-8)13-14/h3-4,7-8,14H,5-6H2,1-2H3. The number of methoxy groups -OCH3 is 1. The topological polar surface area (TPSA) is 41.8 Å². The molecule has 2 rings (SSSR count). The van der Waals surface area contributed by atoms with Gasteiger partial charge in [0.25, 0.3) is 0 Å². The van der Waals surface area contributed by atoms with E-state index in [1.165, 1.54) is 5.56 Å². The number of ether oxygens (including phenoxy) is 1. The minimum atomic E-state index is 0.524. The molecule has 0 aliphatic heterocycles. The Morgan fingerprint density at radius 1 is 1.40 bits per heavy atom. The minimum absolute atomic E-state index is 0.524. The van der Waals surface area contributed by atoms with Crippen LogP contribution in [0.25, 0.3) is 0 Å². The second-order valence-corrected chi connectivity index (χ2v) is 4.08. The van der Waals surface area contributed by atoms with Crippen molar-refractivity contribution in [1.29, 1.82) is 0 Å². The van der Waals surface area contributed by atoms with Crippen LogP contribution < -0.4 is 4.74 Å². The maximum atomic E-state index is 8.94. The van der Waals surface area contributed by atoms with Crippen LogP contribution in [-0.4, -0.2) is 18.0 Å². The Morgan fingerprint density at radius 2 is 2.20 bits per heavy atom. The first-order valence-electron chi connectivity index (χ1n) is 5.12. The highest BCUT2D eigenvalue weighted by Crippen LogP contribution is 2.28. The van der Waals surface area contributed by atoms with Crippen LogP contribution in [0, 0.1) is 5.92 Å². The van der Waals surface area contributed by atoms with Gasteiger partial charge in [0, 0.05) is 5.56 Å². The number of oxime groups is 1. The van der Waals surface area contributed by atoms with Gasteiger partial charge in [-0.1, -0.05) is 12.1 Å². The number of nitrogens with zero attached hydrogens (tertiary/aromatic N) is 1. The summed E-state index contributed by atoms with van der Waals surface area (Å²) in [5.41, 5.74) is 3.05. The summed E-state index contributed by atoms with van der Waals surface area (Å²) in [6, 6.07) is 5.89. The first kappa shape index (κ1) is 10.0. The molecule has 0 bridgehead atoms. The lowest BCUT2D eigenvalue weighted by molar-refractivity contribution is 0.316. The molecule has 0 aromatic heterocycles. The molecular formula is C12H15NO2. The summed E-state index contributed by atoms with van der Waals surface area (Å²) in [6.45, 7) is 2.16. The monoisotopic (exact) mass is 205 g/mol. The average molecular weight is 205 g/mol. The van der Waals surface area contributed by atoms with Crippen molar-refractivity contribution >= 4 is 5.71 Å². The molecule has 80 valence electrons. The fourth-order valence-electron chi connectivity index (χ4n) is 2.13. The molecule has 0 spiro atoms. The molecule has 0 saturated heterocycles. The van der Waals surface area contributed by atoms with Gasteiger partial charge >= 0.3 is 0 Å². The molecule has 1 aromatic rings. The quantitative estimate of drug-likeness (QED) is 0.565. The zero-order valence-electron chi connectivity index (χ0n) is 9.03. The second-order valence-electron chi connectivity index (χ2n) is 4.08. The molecule has 1 unspecified atom stereocenters. The Morgan fingerprint density at radius 3 is 2.87 bits per heavy atom. The van der Waals surface area contributed by atoms with E-state index in [1.807, 2.05) is 18.2 Å². The second kappa shape index (κ2) is 3.93. The summed E-state index contributed by atoms with van der Waals surface area (Å²) in [6.07, 6.45) is 1.86. The van der Waals surface area contributed by atoms with Crippen LogP contribution in [0.3, 0.4) is 0 Å². The van der Waals surface area contributed by atoms with Gasteiger partial charge in [-0.25, -0.2) is 0 Å². The lowest BCUT2D eigenvalue weighted by atomic mass is 9.83. The number of hydrogen-bond donors (Lipinski definition) is 1. The SMILES string of the molecule is COc1ccc2c(c1)CC(C)CC2=NO. The highest BCUT2D eigenvalue weighted by Gasteiger charge is 2.21. The molecular weight excluding hydrogens is 190 g/mol. The molecule has 15 heavy (non-hydrogen) atoms. The summed E-state index contributed by atoms with van der Waals surface area (Å²) < 4.78 is 5.18.